The van der Waals surface area contributed by atoms with Gasteiger partial charge in [0, 0.05) is 6.54 Å². The van der Waals surface area contributed by atoms with Crippen LogP contribution in [0.5, 0.6) is 11.5 Å². The Balaban J connectivity index is 1.84. The summed E-state index contributed by atoms with van der Waals surface area (Å²) in [6.45, 7) is 3.70. The minimum Gasteiger partial charge on any atom is -0.504 e. The van der Waals surface area contributed by atoms with Crippen molar-refractivity contribution in [3.05, 3.63) is 23.8 Å². The first-order valence-corrected chi connectivity index (χ1v) is 8.68. The van der Waals surface area contributed by atoms with E-state index in [1.165, 1.54) is 0 Å². The Labute approximate surface area is 119 Å². The summed E-state index contributed by atoms with van der Waals surface area (Å²) in [7, 11) is -2.80. The van der Waals surface area contributed by atoms with Crippen molar-refractivity contribution in [2.45, 2.75) is 19.9 Å². The zero-order valence-corrected chi connectivity index (χ0v) is 12.4. The molecule has 1 heterocycles. The first-order valence-electron chi connectivity index (χ1n) is 6.86. The number of benzene rings is 1. The zero-order chi connectivity index (χ0) is 14.6. The smallest absolute Gasteiger partial charge is 0.161 e. The fraction of sp³-hybridized carbons (Fsp3) is 0.571. The lowest BCUT2D eigenvalue weighted by Gasteiger charge is -2.11. The lowest BCUT2D eigenvalue weighted by molar-refractivity contribution is 0.317. The minimum absolute atomic E-state index is 0.137. The summed E-state index contributed by atoms with van der Waals surface area (Å²) in [6, 6.07) is 5.25. The van der Waals surface area contributed by atoms with Crippen LogP contribution >= 0.6 is 0 Å². The van der Waals surface area contributed by atoms with Crippen LogP contribution in [0.4, 0.5) is 0 Å². The van der Waals surface area contributed by atoms with E-state index >= 15 is 0 Å². The largest absolute Gasteiger partial charge is 0.504 e. The molecule has 0 aromatic heterocycles. The molecule has 2 N–H and O–H groups in total. The number of phenols is 1. The number of sulfone groups is 1. The molecule has 0 spiro atoms. The van der Waals surface area contributed by atoms with Crippen molar-refractivity contribution in [2.75, 3.05) is 24.7 Å². The third-order valence-corrected chi connectivity index (χ3v) is 5.25. The number of hydrogen-bond donors (Lipinski definition) is 2. The summed E-state index contributed by atoms with van der Waals surface area (Å²) in [4.78, 5) is 0. The lowest BCUT2D eigenvalue weighted by Crippen LogP contribution is -2.23. The van der Waals surface area contributed by atoms with Gasteiger partial charge < -0.3 is 15.2 Å². The van der Waals surface area contributed by atoms with Gasteiger partial charge in [-0.2, -0.15) is 0 Å². The number of nitrogens with one attached hydrogen (secondary N) is 1. The van der Waals surface area contributed by atoms with Gasteiger partial charge in [0.2, 0.25) is 0 Å². The van der Waals surface area contributed by atoms with E-state index in [1.54, 1.807) is 12.1 Å². The van der Waals surface area contributed by atoms with Crippen LogP contribution in [-0.4, -0.2) is 38.2 Å². The fourth-order valence-corrected chi connectivity index (χ4v) is 4.26. The Morgan fingerprint density at radius 1 is 1.45 bits per heavy atom. The predicted octanol–water partition coefficient (Wildman–Crippen LogP) is 1.32. The molecule has 5 nitrogen and oxygen atoms in total. The second-order valence-corrected chi connectivity index (χ2v) is 7.36. The highest BCUT2D eigenvalue weighted by molar-refractivity contribution is 7.91. The molecule has 1 aromatic carbocycles. The summed E-state index contributed by atoms with van der Waals surface area (Å²) < 4.78 is 28.0. The number of rotatable bonds is 6. The van der Waals surface area contributed by atoms with Crippen LogP contribution in [-0.2, 0) is 16.4 Å². The molecule has 0 bridgehead atoms. The molecule has 0 saturated carbocycles. The quantitative estimate of drug-likeness (QED) is 0.828. The minimum atomic E-state index is -2.80. The van der Waals surface area contributed by atoms with E-state index in [9.17, 15) is 13.5 Å². The van der Waals surface area contributed by atoms with Gasteiger partial charge >= 0.3 is 0 Å². The van der Waals surface area contributed by atoms with Gasteiger partial charge in [0.05, 0.1) is 18.1 Å². The molecule has 0 aliphatic carbocycles. The van der Waals surface area contributed by atoms with E-state index in [0.29, 0.717) is 37.0 Å². The van der Waals surface area contributed by atoms with Crippen LogP contribution in [0.2, 0.25) is 0 Å². The second-order valence-electron chi connectivity index (χ2n) is 5.14. The summed E-state index contributed by atoms with van der Waals surface area (Å²) in [5.74, 6) is 1.43. The monoisotopic (exact) mass is 299 g/mol. The highest BCUT2D eigenvalue weighted by Crippen LogP contribution is 2.26. The summed E-state index contributed by atoms with van der Waals surface area (Å²) >= 11 is 0. The number of aromatic hydroxyl groups is 1. The molecule has 1 unspecified atom stereocenters. The highest BCUT2D eigenvalue weighted by atomic mass is 32.2. The van der Waals surface area contributed by atoms with Crippen LogP contribution in [0.25, 0.3) is 0 Å². The van der Waals surface area contributed by atoms with Gasteiger partial charge in [-0.05, 0) is 43.5 Å². The molecule has 1 atom stereocenters. The Hall–Kier alpha value is -1.27. The van der Waals surface area contributed by atoms with Gasteiger partial charge in [0.15, 0.2) is 21.3 Å². The SMILES string of the molecule is CCOc1cc(CNCC2CCS(=O)(=O)C2)ccc1O. The Morgan fingerprint density at radius 2 is 2.25 bits per heavy atom. The number of ether oxygens (including phenoxy) is 1. The number of phenolic OH excluding ortho intramolecular Hbond substituents is 1. The Morgan fingerprint density at radius 3 is 2.90 bits per heavy atom. The molecule has 6 heteroatoms. The van der Waals surface area contributed by atoms with Crippen LogP contribution in [0.15, 0.2) is 18.2 Å². The average molecular weight is 299 g/mol. The highest BCUT2D eigenvalue weighted by Gasteiger charge is 2.27. The van der Waals surface area contributed by atoms with E-state index in [-0.39, 0.29) is 11.7 Å². The summed E-state index contributed by atoms with van der Waals surface area (Å²) in [5, 5.41) is 12.9. The molecule has 0 amide bonds. The molecule has 112 valence electrons. The molecule has 2 rings (SSSR count). The molecule has 20 heavy (non-hydrogen) atoms. The van der Waals surface area contributed by atoms with Crippen molar-refractivity contribution < 1.29 is 18.3 Å². The maximum absolute atomic E-state index is 11.4. The fourth-order valence-electron chi connectivity index (χ4n) is 2.39. The van der Waals surface area contributed by atoms with Crippen molar-refractivity contribution in [3.8, 4) is 11.5 Å². The first kappa shape index (κ1) is 15.1. The van der Waals surface area contributed by atoms with Gasteiger partial charge in [-0.15, -0.1) is 0 Å². The van der Waals surface area contributed by atoms with Gasteiger partial charge in [-0.3, -0.25) is 0 Å². The second kappa shape index (κ2) is 6.45. The Kier molecular flexibility index (Phi) is 4.88. The average Bonchev–Trinajstić information content (AvgIpc) is 2.73. The van der Waals surface area contributed by atoms with E-state index in [0.717, 1.165) is 12.0 Å². The third-order valence-electron chi connectivity index (χ3n) is 3.41. The van der Waals surface area contributed by atoms with Crippen molar-refractivity contribution in [3.63, 3.8) is 0 Å². The van der Waals surface area contributed by atoms with Crippen LogP contribution < -0.4 is 10.1 Å². The van der Waals surface area contributed by atoms with Gasteiger partial charge in [0.25, 0.3) is 0 Å². The molecule has 1 aliphatic rings. The maximum Gasteiger partial charge on any atom is 0.161 e. The maximum atomic E-state index is 11.4. The van der Waals surface area contributed by atoms with E-state index in [1.807, 2.05) is 13.0 Å². The van der Waals surface area contributed by atoms with Crippen molar-refractivity contribution >= 4 is 9.84 Å². The molecule has 0 radical (unpaired) electrons. The molecule has 1 saturated heterocycles. The van der Waals surface area contributed by atoms with Crippen molar-refractivity contribution in [1.29, 1.82) is 0 Å². The summed E-state index contributed by atoms with van der Waals surface area (Å²) in [6.07, 6.45) is 0.745. The zero-order valence-electron chi connectivity index (χ0n) is 11.6. The third kappa shape index (κ3) is 4.11. The van der Waals surface area contributed by atoms with Gasteiger partial charge in [-0.25, -0.2) is 8.42 Å². The molecule has 1 fully saturated rings. The van der Waals surface area contributed by atoms with E-state index < -0.39 is 9.84 Å². The molecular weight excluding hydrogens is 278 g/mol. The topological polar surface area (TPSA) is 75.6 Å². The molecular formula is C14H21NO4S. The van der Waals surface area contributed by atoms with Gasteiger partial charge in [-0.1, -0.05) is 6.07 Å². The van der Waals surface area contributed by atoms with Crippen LogP contribution in [0, 0.1) is 5.92 Å². The van der Waals surface area contributed by atoms with Crippen LogP contribution in [0.3, 0.4) is 0 Å². The Bertz CT molecular complexity index is 556. The standard InChI is InChI=1S/C14H21NO4S/c1-2-19-14-7-11(3-4-13(14)16)8-15-9-12-5-6-20(17,18)10-12/h3-4,7,12,15-16H,2,5-6,8-10H2,1H3. The number of hydrogen-bond acceptors (Lipinski definition) is 5. The lowest BCUT2D eigenvalue weighted by atomic mass is 10.1. The van der Waals surface area contributed by atoms with Crippen molar-refractivity contribution in [1.82, 2.24) is 5.32 Å². The predicted molar refractivity (Wildman–Crippen MR) is 77.7 cm³/mol. The molecule has 1 aliphatic heterocycles. The van der Waals surface area contributed by atoms with E-state index in [2.05, 4.69) is 5.32 Å². The first-order chi connectivity index (χ1) is 9.50. The van der Waals surface area contributed by atoms with Gasteiger partial charge in [0.1, 0.15) is 0 Å². The summed E-state index contributed by atoms with van der Waals surface area (Å²) in [5.41, 5.74) is 1.01. The van der Waals surface area contributed by atoms with E-state index in [4.69, 9.17) is 4.74 Å². The molecule has 1 aromatic rings. The van der Waals surface area contributed by atoms with Crippen LogP contribution in [0.1, 0.15) is 18.9 Å². The normalized spacial score (nSPS) is 20.9. The van der Waals surface area contributed by atoms with Crippen molar-refractivity contribution in [2.24, 2.45) is 5.92 Å².